The average Bonchev–Trinajstić information content (AvgIpc) is 2.80. The second-order valence-electron chi connectivity index (χ2n) is 8.65. The molecule has 2 rings (SSSR count). The molecular formula is C25H32N4O5. The van der Waals surface area contributed by atoms with Crippen LogP contribution in [0.1, 0.15) is 44.7 Å². The van der Waals surface area contributed by atoms with E-state index in [1.165, 1.54) is 0 Å². The molecule has 0 unspecified atom stereocenters. The van der Waals surface area contributed by atoms with Crippen molar-refractivity contribution in [2.24, 2.45) is 5.11 Å². The van der Waals surface area contributed by atoms with Gasteiger partial charge in [-0.15, -0.1) is 0 Å². The number of hydrogen-bond acceptors (Lipinski definition) is 6. The summed E-state index contributed by atoms with van der Waals surface area (Å²) in [7, 11) is 0. The van der Waals surface area contributed by atoms with Crippen LogP contribution in [0.4, 0.5) is 4.79 Å². The Hall–Kier alpha value is -3.71. The average molecular weight is 469 g/mol. The summed E-state index contributed by atoms with van der Waals surface area (Å²) in [4.78, 5) is 27.8. The van der Waals surface area contributed by atoms with Crippen molar-refractivity contribution in [3.05, 3.63) is 76.2 Å². The van der Waals surface area contributed by atoms with E-state index in [-0.39, 0.29) is 13.0 Å². The molecule has 2 aromatic rings. The molecule has 1 atom stereocenters. The van der Waals surface area contributed by atoms with Gasteiger partial charge in [0.1, 0.15) is 24.0 Å². The maximum atomic E-state index is 12.8. The van der Waals surface area contributed by atoms with Crippen LogP contribution < -0.4 is 10.1 Å². The zero-order valence-corrected chi connectivity index (χ0v) is 19.9. The third-order valence-corrected chi connectivity index (χ3v) is 4.55. The zero-order chi connectivity index (χ0) is 24.8. The van der Waals surface area contributed by atoms with Crippen molar-refractivity contribution < 1.29 is 23.8 Å². The van der Waals surface area contributed by atoms with Crippen molar-refractivity contribution in [1.82, 2.24) is 5.32 Å². The Morgan fingerprint density at radius 1 is 1.03 bits per heavy atom. The molecule has 0 aliphatic carbocycles. The fourth-order valence-corrected chi connectivity index (χ4v) is 2.95. The lowest BCUT2D eigenvalue weighted by Gasteiger charge is -2.23. The summed E-state index contributed by atoms with van der Waals surface area (Å²) in [6, 6.07) is 15.7. The molecule has 9 nitrogen and oxygen atoms in total. The van der Waals surface area contributed by atoms with Crippen molar-refractivity contribution in [2.75, 3.05) is 13.2 Å². The highest BCUT2D eigenvalue weighted by Crippen LogP contribution is 2.15. The zero-order valence-electron chi connectivity index (χ0n) is 19.9. The van der Waals surface area contributed by atoms with Crippen molar-refractivity contribution >= 4 is 12.1 Å². The first-order valence-electron chi connectivity index (χ1n) is 11.2. The molecule has 0 saturated heterocycles. The van der Waals surface area contributed by atoms with Gasteiger partial charge in [-0.25, -0.2) is 9.59 Å². The summed E-state index contributed by atoms with van der Waals surface area (Å²) >= 11 is 0. The number of esters is 1. The number of benzene rings is 2. The second-order valence-corrected chi connectivity index (χ2v) is 8.65. The van der Waals surface area contributed by atoms with Gasteiger partial charge in [-0.3, -0.25) is 0 Å². The van der Waals surface area contributed by atoms with Gasteiger partial charge in [0.15, 0.2) is 0 Å². The van der Waals surface area contributed by atoms with Gasteiger partial charge in [0.2, 0.25) is 0 Å². The number of carbonyl (C=O) groups is 2. The van der Waals surface area contributed by atoms with Crippen molar-refractivity contribution in [3.8, 4) is 5.75 Å². The van der Waals surface area contributed by atoms with E-state index in [9.17, 15) is 9.59 Å². The molecule has 0 fully saturated rings. The van der Waals surface area contributed by atoms with Crippen LogP contribution in [0.25, 0.3) is 10.4 Å². The van der Waals surface area contributed by atoms with Crippen molar-refractivity contribution in [3.63, 3.8) is 0 Å². The van der Waals surface area contributed by atoms with E-state index in [2.05, 4.69) is 15.3 Å². The molecule has 1 amide bonds. The van der Waals surface area contributed by atoms with Gasteiger partial charge in [-0.2, -0.15) is 0 Å². The second kappa shape index (κ2) is 13.7. The molecule has 182 valence electrons. The number of nitrogens with zero attached hydrogens (tertiary/aromatic N) is 3. The molecule has 0 aliphatic heterocycles. The van der Waals surface area contributed by atoms with Crippen LogP contribution in [-0.2, 0) is 27.3 Å². The minimum Gasteiger partial charge on any atom is -0.494 e. The highest BCUT2D eigenvalue weighted by molar-refractivity contribution is 5.81. The minimum absolute atomic E-state index is 0.110. The molecule has 9 heteroatoms. The Kier molecular flexibility index (Phi) is 10.7. The maximum Gasteiger partial charge on any atom is 0.408 e. The van der Waals surface area contributed by atoms with Gasteiger partial charge < -0.3 is 19.5 Å². The van der Waals surface area contributed by atoms with E-state index in [1.54, 1.807) is 20.8 Å². The Balaban J connectivity index is 1.97. The van der Waals surface area contributed by atoms with E-state index >= 15 is 0 Å². The van der Waals surface area contributed by atoms with E-state index in [1.807, 2.05) is 54.6 Å². The van der Waals surface area contributed by atoms with Gasteiger partial charge >= 0.3 is 12.1 Å². The normalized spacial score (nSPS) is 11.6. The van der Waals surface area contributed by atoms with E-state index in [4.69, 9.17) is 19.7 Å². The number of rotatable bonds is 12. The lowest BCUT2D eigenvalue weighted by molar-refractivity contribution is -0.147. The molecule has 0 heterocycles. The highest BCUT2D eigenvalue weighted by atomic mass is 16.6. The predicted octanol–water partition coefficient (Wildman–Crippen LogP) is 5.34. The number of alkyl carbamates (subject to hydrolysis) is 1. The highest BCUT2D eigenvalue weighted by Gasteiger charge is 2.26. The summed E-state index contributed by atoms with van der Waals surface area (Å²) in [5, 5.41) is 6.12. The molecule has 2 aromatic carbocycles. The summed E-state index contributed by atoms with van der Waals surface area (Å²) in [6.07, 6.45) is 1.08. The van der Waals surface area contributed by atoms with Crippen LogP contribution in [-0.4, -0.2) is 36.9 Å². The number of amides is 1. The van der Waals surface area contributed by atoms with Crippen molar-refractivity contribution in [1.29, 1.82) is 0 Å². The molecule has 0 spiro atoms. The van der Waals surface area contributed by atoms with Crippen LogP contribution in [0, 0.1) is 0 Å². The van der Waals surface area contributed by atoms with Gasteiger partial charge in [0.05, 0.1) is 6.61 Å². The third kappa shape index (κ3) is 10.7. The molecule has 0 saturated carbocycles. The molecular weight excluding hydrogens is 436 g/mol. The van der Waals surface area contributed by atoms with Crippen LogP contribution in [0.2, 0.25) is 0 Å². The molecule has 34 heavy (non-hydrogen) atoms. The third-order valence-electron chi connectivity index (χ3n) is 4.55. The molecule has 0 aromatic heterocycles. The fraction of sp³-hybridized carbons (Fsp3) is 0.440. The smallest absolute Gasteiger partial charge is 0.408 e. The van der Waals surface area contributed by atoms with Gasteiger partial charge in [-0.1, -0.05) is 47.6 Å². The van der Waals surface area contributed by atoms with Crippen molar-refractivity contribution in [2.45, 2.75) is 58.3 Å². The van der Waals surface area contributed by atoms with Crippen LogP contribution >= 0.6 is 0 Å². The summed E-state index contributed by atoms with van der Waals surface area (Å²) < 4.78 is 16.4. The number of hydrogen-bond donors (Lipinski definition) is 1. The molecule has 1 N–H and O–H groups in total. The Morgan fingerprint density at radius 3 is 2.38 bits per heavy atom. The van der Waals surface area contributed by atoms with Crippen LogP contribution in [0.3, 0.4) is 0 Å². The summed E-state index contributed by atoms with van der Waals surface area (Å²) in [5.41, 5.74) is 9.26. The summed E-state index contributed by atoms with van der Waals surface area (Å²) in [6.45, 7) is 6.33. The SMILES string of the molecule is CC(C)(C)OC(=O)N[C@@H](Cc1ccc(OCCCCN=[N+]=[N-])cc1)C(=O)OCc1ccccc1. The molecule has 0 radical (unpaired) electrons. The number of azide groups is 1. The first-order chi connectivity index (χ1) is 16.3. The molecule has 0 aliphatic rings. The maximum absolute atomic E-state index is 12.8. The van der Waals surface area contributed by atoms with Crippen LogP contribution in [0.5, 0.6) is 5.75 Å². The van der Waals surface area contributed by atoms with Gasteiger partial charge in [0, 0.05) is 17.9 Å². The largest absolute Gasteiger partial charge is 0.494 e. The standard InChI is InChI=1S/C25H32N4O5/c1-25(2,3)34-24(31)28-22(23(30)33-18-20-9-5-4-6-10-20)17-19-11-13-21(14-12-19)32-16-8-7-15-27-29-26/h4-6,9-14,22H,7-8,15-18H2,1-3H3,(H,28,31)/t22-/m0/s1. The topological polar surface area (TPSA) is 123 Å². The Bertz CT molecular complexity index is 952. The van der Waals surface area contributed by atoms with E-state index < -0.39 is 23.7 Å². The lowest BCUT2D eigenvalue weighted by atomic mass is 10.1. The first kappa shape index (κ1) is 26.5. The monoisotopic (exact) mass is 468 g/mol. The van der Waals surface area contributed by atoms with Gasteiger partial charge in [-0.05, 0) is 62.4 Å². The lowest BCUT2D eigenvalue weighted by Crippen LogP contribution is -2.45. The quantitative estimate of drug-likeness (QED) is 0.148. The predicted molar refractivity (Wildman–Crippen MR) is 128 cm³/mol. The Morgan fingerprint density at radius 2 is 1.74 bits per heavy atom. The number of unbranched alkanes of at least 4 members (excludes halogenated alkanes) is 1. The van der Waals surface area contributed by atoms with E-state index in [0.717, 1.165) is 24.0 Å². The van der Waals surface area contributed by atoms with Gasteiger partial charge in [0.25, 0.3) is 0 Å². The number of carbonyl (C=O) groups excluding carboxylic acids is 2. The first-order valence-corrected chi connectivity index (χ1v) is 11.2. The number of nitrogens with one attached hydrogen (secondary N) is 1. The minimum atomic E-state index is -0.911. The molecule has 0 bridgehead atoms. The van der Waals surface area contributed by atoms with E-state index in [0.29, 0.717) is 18.9 Å². The van der Waals surface area contributed by atoms with Crippen LogP contribution in [0.15, 0.2) is 59.7 Å². The summed E-state index contributed by atoms with van der Waals surface area (Å²) in [5.74, 6) is 0.144. The Labute approximate surface area is 200 Å². The fourth-order valence-electron chi connectivity index (χ4n) is 2.95. The number of ether oxygens (including phenoxy) is 3.